The van der Waals surface area contributed by atoms with E-state index in [4.69, 9.17) is 28.3 Å². The number of pyridine rings is 1. The molecule has 0 saturated heterocycles. The number of carbonyl (C=O) groups is 2. The number of nitrogens with zero attached hydrogens (tertiary/aromatic N) is 1. The number of carboxylic acid groups (broad SMARTS) is 1. The van der Waals surface area contributed by atoms with Crippen LogP contribution in [0.1, 0.15) is 30.6 Å². The minimum Gasteiger partial charge on any atom is -0.481 e. The minimum atomic E-state index is -0.931. The lowest BCUT2D eigenvalue weighted by Crippen LogP contribution is -2.33. The van der Waals surface area contributed by atoms with Gasteiger partial charge >= 0.3 is 5.97 Å². The zero-order chi connectivity index (χ0) is 15.3. The van der Waals surface area contributed by atoms with Crippen molar-refractivity contribution in [3.05, 3.63) is 28.0 Å². The van der Waals surface area contributed by atoms with Crippen molar-refractivity contribution in [2.45, 2.75) is 20.3 Å². The van der Waals surface area contributed by atoms with Crippen LogP contribution in [0, 0.1) is 11.8 Å². The summed E-state index contributed by atoms with van der Waals surface area (Å²) in [5.41, 5.74) is 0.171. The second-order valence-electron chi connectivity index (χ2n) is 4.85. The number of aromatic nitrogens is 1. The molecular weight excluding hydrogens is 303 g/mol. The van der Waals surface area contributed by atoms with Gasteiger partial charge in [-0.15, -0.1) is 0 Å². The second-order valence-corrected chi connectivity index (χ2v) is 5.59. The van der Waals surface area contributed by atoms with E-state index >= 15 is 0 Å². The summed E-state index contributed by atoms with van der Waals surface area (Å²) in [7, 11) is 0. The fourth-order valence-electron chi connectivity index (χ4n) is 1.73. The molecule has 1 unspecified atom stereocenters. The Bertz CT molecular complexity index is 506. The Hall–Kier alpha value is -1.33. The van der Waals surface area contributed by atoms with Crippen LogP contribution in [0.4, 0.5) is 0 Å². The monoisotopic (exact) mass is 318 g/mol. The van der Waals surface area contributed by atoms with E-state index in [0.29, 0.717) is 6.42 Å². The zero-order valence-corrected chi connectivity index (χ0v) is 12.7. The van der Waals surface area contributed by atoms with Crippen molar-refractivity contribution in [1.82, 2.24) is 10.3 Å². The minimum absolute atomic E-state index is 0.00858. The van der Waals surface area contributed by atoms with E-state index in [1.165, 1.54) is 12.1 Å². The molecule has 0 spiro atoms. The summed E-state index contributed by atoms with van der Waals surface area (Å²) >= 11 is 11.5. The Morgan fingerprint density at radius 3 is 2.50 bits per heavy atom. The SMILES string of the molecule is CC(C)CC(CNC(=O)c1ccc(Cl)nc1Cl)C(=O)O. The van der Waals surface area contributed by atoms with Crippen LogP contribution in [0.2, 0.25) is 10.3 Å². The first kappa shape index (κ1) is 16.7. The summed E-state index contributed by atoms with van der Waals surface area (Å²) in [6.45, 7) is 3.90. The molecule has 0 radical (unpaired) electrons. The first-order chi connectivity index (χ1) is 9.31. The first-order valence-corrected chi connectivity index (χ1v) is 6.90. The van der Waals surface area contributed by atoms with Crippen LogP contribution >= 0.6 is 23.2 Å². The van der Waals surface area contributed by atoms with Gasteiger partial charge in [-0.05, 0) is 24.5 Å². The first-order valence-electron chi connectivity index (χ1n) is 6.14. The molecule has 2 N–H and O–H groups in total. The van der Waals surface area contributed by atoms with E-state index in [1.54, 1.807) is 0 Å². The third kappa shape index (κ3) is 4.98. The Morgan fingerprint density at radius 1 is 1.35 bits per heavy atom. The van der Waals surface area contributed by atoms with E-state index < -0.39 is 17.8 Å². The molecular formula is C13H16Cl2N2O3. The molecule has 0 aliphatic carbocycles. The van der Waals surface area contributed by atoms with Gasteiger partial charge in [-0.3, -0.25) is 9.59 Å². The maximum Gasteiger partial charge on any atom is 0.308 e. The van der Waals surface area contributed by atoms with Crippen molar-refractivity contribution < 1.29 is 14.7 Å². The maximum absolute atomic E-state index is 11.9. The van der Waals surface area contributed by atoms with E-state index in [0.717, 1.165) is 0 Å². The van der Waals surface area contributed by atoms with E-state index in [2.05, 4.69) is 10.3 Å². The van der Waals surface area contributed by atoms with Crippen molar-refractivity contribution in [2.24, 2.45) is 11.8 Å². The van der Waals surface area contributed by atoms with Crippen LogP contribution in [0.3, 0.4) is 0 Å². The van der Waals surface area contributed by atoms with Crippen molar-refractivity contribution in [3.8, 4) is 0 Å². The second kappa shape index (κ2) is 7.45. The molecule has 110 valence electrons. The predicted molar refractivity (Wildman–Crippen MR) is 77.2 cm³/mol. The maximum atomic E-state index is 11.9. The van der Waals surface area contributed by atoms with Gasteiger partial charge in [0.05, 0.1) is 11.5 Å². The van der Waals surface area contributed by atoms with Gasteiger partial charge in [0, 0.05) is 6.54 Å². The fourth-order valence-corrected chi connectivity index (χ4v) is 2.16. The molecule has 0 aliphatic rings. The molecule has 7 heteroatoms. The molecule has 0 aliphatic heterocycles. The predicted octanol–water partition coefficient (Wildman–Crippen LogP) is 2.87. The summed E-state index contributed by atoms with van der Waals surface area (Å²) in [6, 6.07) is 2.90. The smallest absolute Gasteiger partial charge is 0.308 e. The van der Waals surface area contributed by atoms with Crippen LogP contribution < -0.4 is 5.32 Å². The van der Waals surface area contributed by atoms with E-state index in [9.17, 15) is 9.59 Å². The van der Waals surface area contributed by atoms with Crippen LogP contribution in [-0.2, 0) is 4.79 Å². The molecule has 5 nitrogen and oxygen atoms in total. The van der Waals surface area contributed by atoms with Gasteiger partial charge in [-0.1, -0.05) is 37.0 Å². The lowest BCUT2D eigenvalue weighted by molar-refractivity contribution is -0.142. The lowest BCUT2D eigenvalue weighted by Gasteiger charge is -2.15. The number of aliphatic carboxylic acids is 1. The number of hydrogen-bond acceptors (Lipinski definition) is 3. The fraction of sp³-hybridized carbons (Fsp3) is 0.462. The molecule has 0 aromatic carbocycles. The Balaban J connectivity index is 2.68. The molecule has 1 atom stereocenters. The molecule has 0 bridgehead atoms. The number of carbonyl (C=O) groups excluding carboxylic acids is 1. The van der Waals surface area contributed by atoms with Crippen molar-refractivity contribution in [1.29, 1.82) is 0 Å². The zero-order valence-electron chi connectivity index (χ0n) is 11.2. The Labute approximate surface area is 127 Å². The lowest BCUT2D eigenvalue weighted by atomic mass is 9.97. The number of rotatable bonds is 6. The normalized spacial score (nSPS) is 12.2. The highest BCUT2D eigenvalue weighted by Crippen LogP contribution is 2.17. The van der Waals surface area contributed by atoms with Crippen LogP contribution in [0.5, 0.6) is 0 Å². The third-order valence-corrected chi connectivity index (χ3v) is 3.17. The van der Waals surface area contributed by atoms with Gasteiger partial charge in [-0.2, -0.15) is 0 Å². The van der Waals surface area contributed by atoms with Crippen LogP contribution in [-0.4, -0.2) is 28.5 Å². The standard InChI is InChI=1S/C13H16Cl2N2O3/c1-7(2)5-8(13(19)20)6-16-12(18)9-3-4-10(14)17-11(9)15/h3-4,7-8H,5-6H2,1-2H3,(H,16,18)(H,19,20). The topological polar surface area (TPSA) is 79.3 Å². The number of carboxylic acids is 1. The average Bonchev–Trinajstić information content (AvgIpc) is 2.33. The third-order valence-electron chi connectivity index (χ3n) is 2.67. The molecule has 1 amide bonds. The molecule has 20 heavy (non-hydrogen) atoms. The summed E-state index contributed by atoms with van der Waals surface area (Å²) in [6.07, 6.45) is 0.488. The van der Waals surface area contributed by atoms with Crippen LogP contribution in [0.15, 0.2) is 12.1 Å². The van der Waals surface area contributed by atoms with Crippen molar-refractivity contribution in [3.63, 3.8) is 0 Å². The highest BCUT2D eigenvalue weighted by atomic mass is 35.5. The number of amides is 1. The summed E-state index contributed by atoms with van der Waals surface area (Å²) in [5.74, 6) is -1.79. The molecule has 1 heterocycles. The molecule has 1 aromatic heterocycles. The van der Waals surface area contributed by atoms with Crippen LogP contribution in [0.25, 0.3) is 0 Å². The molecule has 0 fully saturated rings. The summed E-state index contributed by atoms with van der Waals surface area (Å²) in [5, 5.41) is 11.8. The number of nitrogens with one attached hydrogen (secondary N) is 1. The van der Waals surface area contributed by atoms with Gasteiger partial charge in [0.2, 0.25) is 0 Å². The van der Waals surface area contributed by atoms with E-state index in [1.807, 2.05) is 13.8 Å². The van der Waals surface area contributed by atoms with Gasteiger partial charge in [0.25, 0.3) is 5.91 Å². The van der Waals surface area contributed by atoms with Gasteiger partial charge in [0.1, 0.15) is 10.3 Å². The van der Waals surface area contributed by atoms with E-state index in [-0.39, 0.29) is 28.3 Å². The van der Waals surface area contributed by atoms with Crippen molar-refractivity contribution in [2.75, 3.05) is 6.54 Å². The quantitative estimate of drug-likeness (QED) is 0.790. The summed E-state index contributed by atoms with van der Waals surface area (Å²) in [4.78, 5) is 26.8. The van der Waals surface area contributed by atoms with Gasteiger partial charge in [0.15, 0.2) is 0 Å². The molecule has 1 rings (SSSR count). The molecule has 0 saturated carbocycles. The summed E-state index contributed by atoms with van der Waals surface area (Å²) < 4.78 is 0. The number of hydrogen-bond donors (Lipinski definition) is 2. The Kier molecular flexibility index (Phi) is 6.23. The van der Waals surface area contributed by atoms with Crippen molar-refractivity contribution >= 4 is 35.1 Å². The van der Waals surface area contributed by atoms with Gasteiger partial charge in [-0.25, -0.2) is 4.98 Å². The highest BCUT2D eigenvalue weighted by Gasteiger charge is 2.20. The average molecular weight is 319 g/mol. The Morgan fingerprint density at radius 2 is 2.00 bits per heavy atom. The van der Waals surface area contributed by atoms with Gasteiger partial charge < -0.3 is 10.4 Å². The largest absolute Gasteiger partial charge is 0.481 e. The molecule has 1 aromatic rings. The number of halogens is 2. The highest BCUT2D eigenvalue weighted by molar-refractivity contribution is 6.34.